The van der Waals surface area contributed by atoms with Gasteiger partial charge in [-0.3, -0.25) is 4.90 Å². The molecule has 15 heavy (non-hydrogen) atoms. The third-order valence-electron chi connectivity index (χ3n) is 2.67. The van der Waals surface area contributed by atoms with Crippen LogP contribution in [0, 0.1) is 12.3 Å². The van der Waals surface area contributed by atoms with Gasteiger partial charge in [0.1, 0.15) is 6.80 Å². The van der Waals surface area contributed by atoms with E-state index in [0.29, 0.717) is 6.54 Å². The van der Waals surface area contributed by atoms with E-state index in [1.54, 1.807) is 4.90 Å². The van der Waals surface area contributed by atoms with Gasteiger partial charge in [0.05, 0.1) is 6.54 Å². The molecule has 0 N–H and O–H groups in total. The molecule has 0 saturated heterocycles. The molecule has 1 aliphatic rings. The Balaban J connectivity index is 2.46. The summed E-state index contributed by atoms with van der Waals surface area (Å²) in [5.74, 6) is 2.49. The Labute approximate surface area is 91.7 Å². The van der Waals surface area contributed by atoms with Crippen molar-refractivity contribution in [3.05, 3.63) is 23.8 Å². The monoisotopic (exact) mass is 207 g/mol. The Morgan fingerprint density at radius 2 is 2.40 bits per heavy atom. The van der Waals surface area contributed by atoms with E-state index in [2.05, 4.69) is 24.1 Å². The topological polar surface area (TPSA) is 3.24 Å². The lowest BCUT2D eigenvalue weighted by atomic mass is 10.0. The summed E-state index contributed by atoms with van der Waals surface area (Å²) in [4.78, 5) is 1.67. The second-order valence-electron chi connectivity index (χ2n) is 3.88. The maximum atomic E-state index is 12.6. The van der Waals surface area contributed by atoms with Crippen molar-refractivity contribution in [2.45, 2.75) is 32.2 Å². The molecule has 1 atom stereocenters. The fourth-order valence-corrected chi connectivity index (χ4v) is 1.72. The average molecular weight is 207 g/mol. The summed E-state index contributed by atoms with van der Waals surface area (Å²) >= 11 is 0. The van der Waals surface area contributed by atoms with Crippen molar-refractivity contribution in [3.8, 4) is 12.3 Å². The molecule has 0 fully saturated rings. The Hall–Kier alpha value is -1.07. The van der Waals surface area contributed by atoms with Gasteiger partial charge in [-0.2, -0.15) is 0 Å². The largest absolute Gasteiger partial charge is 0.262 e. The van der Waals surface area contributed by atoms with Crippen LogP contribution in [0.4, 0.5) is 4.39 Å². The number of allylic oxidation sites excluding steroid dienone is 3. The Bertz CT molecular complexity index is 285. The van der Waals surface area contributed by atoms with Crippen molar-refractivity contribution in [1.29, 1.82) is 0 Å². The van der Waals surface area contributed by atoms with Crippen LogP contribution in [0.2, 0.25) is 0 Å². The molecule has 2 heteroatoms. The summed E-state index contributed by atoms with van der Waals surface area (Å²) in [6, 6.07) is 0.167. The highest BCUT2D eigenvalue weighted by Crippen LogP contribution is 2.17. The van der Waals surface area contributed by atoms with Crippen molar-refractivity contribution in [1.82, 2.24) is 4.90 Å². The highest BCUT2D eigenvalue weighted by molar-refractivity contribution is 5.22. The van der Waals surface area contributed by atoms with Crippen molar-refractivity contribution in [2.24, 2.45) is 0 Å². The first kappa shape index (κ1) is 12.0. The molecule has 0 saturated carbocycles. The predicted molar refractivity (Wildman–Crippen MR) is 62.1 cm³/mol. The standard InChI is InChI=1S/C13H18FN/c1-3-9-15(11-14)12(2)10-13-7-5-4-6-8-13/h1,5,7-8,12H,4,6,9-11H2,2H3. The minimum absolute atomic E-state index is 0.167. The zero-order valence-corrected chi connectivity index (χ0v) is 9.25. The summed E-state index contributed by atoms with van der Waals surface area (Å²) in [5.41, 5.74) is 1.30. The number of hydrogen-bond donors (Lipinski definition) is 0. The zero-order chi connectivity index (χ0) is 11.1. The van der Waals surface area contributed by atoms with E-state index in [0.717, 1.165) is 19.3 Å². The molecule has 1 nitrogen and oxygen atoms in total. The molecule has 0 aliphatic heterocycles. The van der Waals surface area contributed by atoms with Gasteiger partial charge >= 0.3 is 0 Å². The van der Waals surface area contributed by atoms with Gasteiger partial charge in [-0.05, 0) is 26.2 Å². The second-order valence-corrected chi connectivity index (χ2v) is 3.88. The first-order chi connectivity index (χ1) is 7.27. The van der Waals surface area contributed by atoms with Crippen molar-refractivity contribution < 1.29 is 4.39 Å². The van der Waals surface area contributed by atoms with Crippen LogP contribution in [-0.4, -0.2) is 24.3 Å². The maximum absolute atomic E-state index is 12.6. The normalized spacial score (nSPS) is 17.3. The smallest absolute Gasteiger partial charge is 0.144 e. The number of terminal acetylenes is 1. The van der Waals surface area contributed by atoms with E-state index in [1.165, 1.54) is 5.57 Å². The van der Waals surface area contributed by atoms with Crippen molar-refractivity contribution in [2.75, 3.05) is 13.3 Å². The van der Waals surface area contributed by atoms with Crippen LogP contribution in [-0.2, 0) is 0 Å². The number of hydrogen-bond acceptors (Lipinski definition) is 1. The van der Waals surface area contributed by atoms with E-state index in [9.17, 15) is 4.39 Å². The molecule has 0 aromatic rings. The molecule has 1 aliphatic carbocycles. The van der Waals surface area contributed by atoms with Crippen LogP contribution in [0.15, 0.2) is 23.8 Å². The second kappa shape index (κ2) is 6.42. The number of rotatable bonds is 5. The van der Waals surface area contributed by atoms with Gasteiger partial charge in [0.25, 0.3) is 0 Å². The van der Waals surface area contributed by atoms with Gasteiger partial charge in [-0.15, -0.1) is 6.42 Å². The predicted octanol–water partition coefficient (Wildman–Crippen LogP) is 2.90. The number of alkyl halides is 1. The summed E-state index contributed by atoms with van der Waals surface area (Å²) in [5, 5.41) is 0. The summed E-state index contributed by atoms with van der Waals surface area (Å²) < 4.78 is 12.6. The molecule has 0 aromatic carbocycles. The van der Waals surface area contributed by atoms with Crippen LogP contribution >= 0.6 is 0 Å². The van der Waals surface area contributed by atoms with Gasteiger partial charge < -0.3 is 0 Å². The van der Waals surface area contributed by atoms with E-state index >= 15 is 0 Å². The molecule has 82 valence electrons. The SMILES string of the molecule is C#CCN(CF)C(C)CC1=CCCC=C1. The third kappa shape index (κ3) is 3.89. The molecule has 0 heterocycles. The van der Waals surface area contributed by atoms with Crippen LogP contribution in [0.25, 0.3) is 0 Å². The highest BCUT2D eigenvalue weighted by Gasteiger charge is 2.13. The molecule has 0 bridgehead atoms. The van der Waals surface area contributed by atoms with Crippen LogP contribution in [0.1, 0.15) is 26.2 Å². The van der Waals surface area contributed by atoms with E-state index in [1.807, 2.05) is 6.92 Å². The zero-order valence-electron chi connectivity index (χ0n) is 9.25. The Kier molecular flexibility index (Phi) is 5.14. The molecular formula is C13H18FN. The molecule has 0 radical (unpaired) electrons. The van der Waals surface area contributed by atoms with Gasteiger partial charge in [-0.1, -0.05) is 29.7 Å². The van der Waals surface area contributed by atoms with E-state index in [4.69, 9.17) is 6.42 Å². The average Bonchev–Trinajstić information content (AvgIpc) is 2.27. The van der Waals surface area contributed by atoms with E-state index in [-0.39, 0.29) is 6.04 Å². The third-order valence-corrected chi connectivity index (χ3v) is 2.67. The fourth-order valence-electron chi connectivity index (χ4n) is 1.72. The van der Waals surface area contributed by atoms with Crippen LogP contribution in [0.3, 0.4) is 0 Å². The molecule has 0 aromatic heterocycles. The van der Waals surface area contributed by atoms with Gasteiger partial charge in [0.2, 0.25) is 0 Å². The Morgan fingerprint density at radius 1 is 1.60 bits per heavy atom. The number of halogens is 1. The highest BCUT2D eigenvalue weighted by atomic mass is 19.1. The molecular weight excluding hydrogens is 189 g/mol. The van der Waals surface area contributed by atoms with Crippen molar-refractivity contribution >= 4 is 0 Å². The van der Waals surface area contributed by atoms with E-state index < -0.39 is 6.80 Å². The van der Waals surface area contributed by atoms with Gasteiger partial charge in [0, 0.05) is 6.04 Å². The summed E-state index contributed by atoms with van der Waals surface area (Å²) in [6.45, 7) is 1.93. The lowest BCUT2D eigenvalue weighted by Crippen LogP contribution is -2.33. The fraction of sp³-hybridized carbons (Fsp3) is 0.538. The van der Waals surface area contributed by atoms with Crippen molar-refractivity contribution in [3.63, 3.8) is 0 Å². The first-order valence-electron chi connectivity index (χ1n) is 5.37. The molecule has 1 rings (SSSR count). The lowest BCUT2D eigenvalue weighted by molar-refractivity contribution is 0.157. The van der Waals surface area contributed by atoms with Gasteiger partial charge in [0.15, 0.2) is 0 Å². The van der Waals surface area contributed by atoms with Crippen LogP contribution in [0.5, 0.6) is 0 Å². The summed E-state index contributed by atoms with van der Waals surface area (Å²) in [7, 11) is 0. The quantitative estimate of drug-likeness (QED) is 0.495. The molecule has 0 spiro atoms. The first-order valence-corrected chi connectivity index (χ1v) is 5.37. The number of nitrogens with zero attached hydrogens (tertiary/aromatic N) is 1. The Morgan fingerprint density at radius 3 is 2.93 bits per heavy atom. The minimum Gasteiger partial charge on any atom is -0.262 e. The van der Waals surface area contributed by atoms with Gasteiger partial charge in [-0.25, -0.2) is 4.39 Å². The maximum Gasteiger partial charge on any atom is 0.144 e. The minimum atomic E-state index is -0.470. The molecule has 1 unspecified atom stereocenters. The molecule has 0 amide bonds. The summed E-state index contributed by atoms with van der Waals surface area (Å²) in [6.07, 6.45) is 14.8. The lowest BCUT2D eigenvalue weighted by Gasteiger charge is -2.24. The van der Waals surface area contributed by atoms with Crippen LogP contribution < -0.4 is 0 Å².